The summed E-state index contributed by atoms with van der Waals surface area (Å²) in [7, 11) is -2.31. The smallest absolute Gasteiger partial charge is 0.274 e. The van der Waals surface area contributed by atoms with Crippen LogP contribution < -0.4 is 15.1 Å². The van der Waals surface area contributed by atoms with Gasteiger partial charge in [0.2, 0.25) is 0 Å². The number of anilines is 1. The molecule has 0 radical (unpaired) electrons. The van der Waals surface area contributed by atoms with Crippen molar-refractivity contribution in [3.63, 3.8) is 0 Å². The molecule has 0 unspecified atom stereocenters. The van der Waals surface area contributed by atoms with Crippen molar-refractivity contribution in [3.8, 4) is 5.75 Å². The molecule has 2 aromatic heterocycles. The van der Waals surface area contributed by atoms with Crippen molar-refractivity contribution >= 4 is 30.9 Å². The maximum atomic E-state index is 13.4. The summed E-state index contributed by atoms with van der Waals surface area (Å²) in [5.41, 5.74) is 1.55. The fourth-order valence-corrected chi connectivity index (χ4v) is 4.09. The van der Waals surface area contributed by atoms with Crippen LogP contribution in [0.15, 0.2) is 36.8 Å². The summed E-state index contributed by atoms with van der Waals surface area (Å²) >= 11 is 0. The summed E-state index contributed by atoms with van der Waals surface area (Å²) in [6, 6.07) is 6.36. The Morgan fingerprint density at radius 3 is 2.55 bits per heavy atom. The third-order valence-corrected chi connectivity index (χ3v) is 10.6. The summed E-state index contributed by atoms with van der Waals surface area (Å²) in [4.78, 5) is 26.7. The molecule has 4 rings (SSSR count). The van der Waals surface area contributed by atoms with Gasteiger partial charge in [0.1, 0.15) is 23.5 Å². The summed E-state index contributed by atoms with van der Waals surface area (Å²) in [6.07, 6.45) is 5.29. The highest BCUT2D eigenvalue weighted by molar-refractivity contribution is 6.74. The number of hydrogen-bond acceptors (Lipinski definition) is 6. The molecule has 174 valence electrons. The minimum atomic E-state index is -2.31. The number of aromatic nitrogens is 3. The Labute approximate surface area is 194 Å². The molecular weight excluding hydrogens is 437 g/mol. The molecule has 33 heavy (non-hydrogen) atoms. The summed E-state index contributed by atoms with van der Waals surface area (Å²) in [5.74, 6) is 0.286. The molecule has 3 aromatic rings. The van der Waals surface area contributed by atoms with Gasteiger partial charge >= 0.3 is 0 Å². The fourth-order valence-electron chi connectivity index (χ4n) is 3.08. The van der Waals surface area contributed by atoms with E-state index < -0.39 is 8.32 Å². The van der Waals surface area contributed by atoms with Gasteiger partial charge in [-0.2, -0.15) is 0 Å². The molecule has 0 atom stereocenters. The van der Waals surface area contributed by atoms with Gasteiger partial charge in [-0.1, -0.05) is 32.9 Å². The molecule has 0 bridgehead atoms. The average Bonchev–Trinajstić information content (AvgIpc) is 3.58. The topological polar surface area (TPSA) is 89.0 Å². The number of hydrogen-bond donors (Lipinski definition) is 2. The number of fused-ring (bicyclic) bond motifs is 1. The van der Waals surface area contributed by atoms with Crippen molar-refractivity contribution in [3.05, 3.63) is 53.9 Å². The molecule has 1 aliphatic rings. The Balaban J connectivity index is 1.76. The number of halogens is 1. The van der Waals surface area contributed by atoms with Crippen LogP contribution in [-0.4, -0.2) is 35.2 Å². The van der Waals surface area contributed by atoms with E-state index in [0.717, 1.165) is 23.8 Å². The second kappa shape index (κ2) is 8.70. The van der Waals surface area contributed by atoms with Crippen molar-refractivity contribution < 1.29 is 13.6 Å². The van der Waals surface area contributed by atoms with E-state index in [1.165, 1.54) is 18.5 Å². The number of nitrogens with zero attached hydrogens (tertiary/aromatic N) is 3. The number of rotatable bonds is 7. The molecule has 1 amide bonds. The van der Waals surface area contributed by atoms with Gasteiger partial charge in [-0.25, -0.2) is 19.3 Å². The third-order valence-electron chi connectivity index (χ3n) is 6.28. The Kier molecular flexibility index (Phi) is 6.09. The average molecular weight is 468 g/mol. The molecule has 1 fully saturated rings. The first-order valence-electron chi connectivity index (χ1n) is 11.2. The van der Waals surface area contributed by atoms with Crippen LogP contribution in [0.25, 0.3) is 10.9 Å². The Morgan fingerprint density at radius 2 is 1.91 bits per heavy atom. The minimum absolute atomic E-state index is 0.0842. The van der Waals surface area contributed by atoms with Gasteiger partial charge in [-0.15, -0.1) is 0 Å². The van der Waals surface area contributed by atoms with Crippen LogP contribution in [-0.2, 0) is 6.54 Å². The van der Waals surface area contributed by atoms with E-state index in [-0.39, 0.29) is 29.0 Å². The Bertz CT molecular complexity index is 1170. The van der Waals surface area contributed by atoms with E-state index >= 15 is 0 Å². The van der Waals surface area contributed by atoms with Crippen LogP contribution in [0.4, 0.5) is 10.2 Å². The lowest BCUT2D eigenvalue weighted by molar-refractivity contribution is 0.0944. The van der Waals surface area contributed by atoms with E-state index in [9.17, 15) is 9.18 Å². The molecule has 1 aromatic carbocycles. The van der Waals surface area contributed by atoms with E-state index in [1.54, 1.807) is 18.3 Å². The first-order chi connectivity index (χ1) is 15.5. The first-order valence-corrected chi connectivity index (χ1v) is 14.1. The van der Waals surface area contributed by atoms with Gasteiger partial charge in [-0.3, -0.25) is 4.79 Å². The van der Waals surface area contributed by atoms with Gasteiger partial charge in [0.05, 0.1) is 5.39 Å². The fraction of sp³-hybridized carbons (Fsp3) is 0.417. The highest BCUT2D eigenvalue weighted by Crippen LogP contribution is 2.41. The molecule has 1 saturated carbocycles. The van der Waals surface area contributed by atoms with Gasteiger partial charge in [-0.05, 0) is 48.7 Å². The van der Waals surface area contributed by atoms with Gasteiger partial charge in [0.25, 0.3) is 14.2 Å². The number of carbonyl (C=O) groups excluding carboxylic acids is 1. The SMILES string of the molecule is CC(C)(C)[Si](C)(C)Oc1c(C(=O)NCc2ccc(F)cc2)nc(NC2CC2)c2cncnc12. The maximum Gasteiger partial charge on any atom is 0.274 e. The molecule has 0 spiro atoms. The summed E-state index contributed by atoms with van der Waals surface area (Å²) in [5, 5.41) is 6.94. The van der Waals surface area contributed by atoms with E-state index in [2.05, 4.69) is 54.5 Å². The maximum absolute atomic E-state index is 13.4. The zero-order chi connectivity index (χ0) is 23.8. The summed E-state index contributed by atoms with van der Waals surface area (Å²) < 4.78 is 19.9. The number of pyridine rings is 1. The second-order valence-corrected chi connectivity index (χ2v) is 14.7. The van der Waals surface area contributed by atoms with Crippen LogP contribution in [0, 0.1) is 5.82 Å². The molecular formula is C24H30FN5O2Si. The van der Waals surface area contributed by atoms with Gasteiger partial charge in [0, 0.05) is 18.8 Å². The minimum Gasteiger partial charge on any atom is -0.540 e. The number of benzene rings is 1. The third kappa shape index (κ3) is 5.13. The van der Waals surface area contributed by atoms with Crippen LogP contribution in [0.1, 0.15) is 49.7 Å². The van der Waals surface area contributed by atoms with Gasteiger partial charge in [0.15, 0.2) is 11.4 Å². The normalized spacial score (nSPS) is 14.2. The Hall–Kier alpha value is -3.07. The molecule has 2 heterocycles. The lowest BCUT2D eigenvalue weighted by Gasteiger charge is -2.37. The zero-order valence-corrected chi connectivity index (χ0v) is 20.7. The molecule has 2 N–H and O–H groups in total. The number of amides is 1. The van der Waals surface area contributed by atoms with Crippen LogP contribution in [0.2, 0.25) is 18.1 Å². The predicted molar refractivity (Wildman–Crippen MR) is 129 cm³/mol. The highest BCUT2D eigenvalue weighted by Gasteiger charge is 2.41. The largest absolute Gasteiger partial charge is 0.540 e. The molecule has 7 nitrogen and oxygen atoms in total. The lowest BCUT2D eigenvalue weighted by atomic mass is 10.2. The first kappa shape index (κ1) is 23.1. The van der Waals surface area contributed by atoms with Crippen molar-refractivity contribution in [2.24, 2.45) is 0 Å². The highest BCUT2D eigenvalue weighted by atomic mass is 28.4. The van der Waals surface area contributed by atoms with E-state index in [1.807, 2.05) is 0 Å². The lowest BCUT2D eigenvalue weighted by Crippen LogP contribution is -2.44. The van der Waals surface area contributed by atoms with Crippen LogP contribution in [0.3, 0.4) is 0 Å². The van der Waals surface area contributed by atoms with Crippen LogP contribution >= 0.6 is 0 Å². The standard InChI is InChI=1S/C24H30FN5O2Si/c1-24(2,3)33(4,5)32-21-19-18(13-26-14-28-19)22(29-17-10-11-17)30-20(21)23(31)27-12-15-6-8-16(25)9-7-15/h6-9,13-14,17H,10-12H2,1-5H3,(H,27,31)(H,29,30). The monoisotopic (exact) mass is 467 g/mol. The molecule has 0 aliphatic heterocycles. The van der Waals surface area contributed by atoms with Crippen molar-refractivity contribution in [1.29, 1.82) is 0 Å². The zero-order valence-electron chi connectivity index (χ0n) is 19.7. The van der Waals surface area contributed by atoms with E-state index in [4.69, 9.17) is 9.41 Å². The quantitative estimate of drug-likeness (QED) is 0.473. The molecule has 9 heteroatoms. The number of carbonyl (C=O) groups is 1. The summed E-state index contributed by atoms with van der Waals surface area (Å²) in [6.45, 7) is 10.9. The van der Waals surface area contributed by atoms with E-state index in [0.29, 0.717) is 23.1 Å². The number of nitrogens with one attached hydrogen (secondary N) is 2. The second-order valence-electron chi connectivity index (χ2n) is 10.0. The van der Waals surface area contributed by atoms with Crippen molar-refractivity contribution in [2.75, 3.05) is 5.32 Å². The van der Waals surface area contributed by atoms with Gasteiger partial charge < -0.3 is 15.1 Å². The molecule has 0 saturated heterocycles. The van der Waals surface area contributed by atoms with Crippen molar-refractivity contribution in [2.45, 2.75) is 64.3 Å². The Morgan fingerprint density at radius 1 is 1.21 bits per heavy atom. The van der Waals surface area contributed by atoms with Crippen molar-refractivity contribution in [1.82, 2.24) is 20.3 Å². The van der Waals surface area contributed by atoms with Crippen LogP contribution in [0.5, 0.6) is 5.75 Å². The molecule has 1 aliphatic carbocycles. The predicted octanol–water partition coefficient (Wildman–Crippen LogP) is 5.05.